The second kappa shape index (κ2) is 37.0. The van der Waals surface area contributed by atoms with Crippen molar-refractivity contribution >= 4 is 19.8 Å². The van der Waals surface area contributed by atoms with Crippen LogP contribution in [0.1, 0.15) is 194 Å². The molecule has 0 bridgehead atoms. The zero-order valence-corrected chi connectivity index (χ0v) is 33.6. The number of unbranched alkanes of at least 4 members (excludes halogenated alkanes) is 24. The molecule has 0 spiro atoms. The van der Waals surface area contributed by atoms with E-state index >= 15 is 0 Å². The number of carbonyl (C=O) groups excluding carboxylic acids is 1. The van der Waals surface area contributed by atoms with Gasteiger partial charge in [-0.1, -0.05) is 167 Å². The van der Waals surface area contributed by atoms with Crippen molar-refractivity contribution in [3.8, 4) is 0 Å². The average Bonchev–Trinajstić information content (AvgIpc) is 3.10. The van der Waals surface area contributed by atoms with Gasteiger partial charge in [-0.15, -0.1) is 0 Å². The summed E-state index contributed by atoms with van der Waals surface area (Å²) in [5.41, 5.74) is 5.34. The van der Waals surface area contributed by atoms with Gasteiger partial charge < -0.3 is 25.2 Å². The first kappa shape index (κ1) is 49.7. The molecule has 0 rings (SSSR count). The van der Waals surface area contributed by atoms with Crippen LogP contribution in [0, 0.1) is 0 Å². The van der Waals surface area contributed by atoms with Crippen molar-refractivity contribution in [3.63, 3.8) is 0 Å². The molecule has 3 unspecified atom stereocenters. The molecule has 0 amide bonds. The van der Waals surface area contributed by atoms with Gasteiger partial charge in [0.1, 0.15) is 12.1 Å². The summed E-state index contributed by atoms with van der Waals surface area (Å²) >= 11 is 0. The van der Waals surface area contributed by atoms with Crippen molar-refractivity contribution in [2.45, 2.75) is 206 Å². The predicted octanol–water partition coefficient (Wildman–Crippen LogP) is 11.0. The molecule has 4 N–H and O–H groups in total. The Bertz CT molecular complexity index is 873. The lowest BCUT2D eigenvalue weighted by Gasteiger charge is -2.20. The fourth-order valence-electron chi connectivity index (χ4n) is 5.78. The van der Waals surface area contributed by atoms with Crippen LogP contribution in [0.2, 0.25) is 0 Å². The maximum Gasteiger partial charge on any atom is 0.472 e. The van der Waals surface area contributed by atoms with Gasteiger partial charge in [-0.2, -0.15) is 0 Å². The van der Waals surface area contributed by atoms with E-state index in [0.717, 1.165) is 51.4 Å². The van der Waals surface area contributed by atoms with Gasteiger partial charge >= 0.3 is 19.8 Å². The third-order valence-corrected chi connectivity index (χ3v) is 9.98. The van der Waals surface area contributed by atoms with Gasteiger partial charge in [-0.3, -0.25) is 18.6 Å². The summed E-state index contributed by atoms with van der Waals surface area (Å²) < 4.78 is 33.2. The van der Waals surface area contributed by atoms with Gasteiger partial charge in [0.25, 0.3) is 0 Å². The zero-order chi connectivity index (χ0) is 37.7. The van der Waals surface area contributed by atoms with Gasteiger partial charge in [-0.05, 0) is 32.1 Å². The Morgan fingerprint density at radius 1 is 0.608 bits per heavy atom. The molecule has 0 fully saturated rings. The van der Waals surface area contributed by atoms with Crippen LogP contribution in [0.3, 0.4) is 0 Å². The molecule has 0 saturated carbocycles. The lowest BCUT2D eigenvalue weighted by atomic mass is 10.0. The maximum absolute atomic E-state index is 12.6. The van der Waals surface area contributed by atoms with Crippen LogP contribution >= 0.6 is 7.82 Å². The van der Waals surface area contributed by atoms with Crippen LogP contribution in [0.4, 0.5) is 0 Å². The number of hydrogen-bond acceptors (Lipinski definition) is 8. The van der Waals surface area contributed by atoms with Gasteiger partial charge in [0, 0.05) is 13.0 Å². The number of hydrogen-bond donors (Lipinski definition) is 3. The molecule has 51 heavy (non-hydrogen) atoms. The monoisotopic (exact) mass is 748 g/mol. The molecule has 11 heteroatoms. The lowest BCUT2D eigenvalue weighted by molar-refractivity contribution is -0.154. The van der Waals surface area contributed by atoms with Crippen molar-refractivity contribution < 1.29 is 42.7 Å². The highest BCUT2D eigenvalue weighted by Crippen LogP contribution is 2.43. The Hall–Kier alpha value is -1.29. The largest absolute Gasteiger partial charge is 0.480 e. The van der Waals surface area contributed by atoms with Crippen LogP contribution in [0.5, 0.6) is 0 Å². The Labute approximate surface area is 312 Å². The van der Waals surface area contributed by atoms with Crippen molar-refractivity contribution in [1.29, 1.82) is 0 Å². The van der Waals surface area contributed by atoms with E-state index in [2.05, 4.69) is 26.0 Å². The number of phosphoric acid groups is 1. The molecule has 10 nitrogen and oxygen atoms in total. The second-order valence-corrected chi connectivity index (χ2v) is 15.6. The van der Waals surface area contributed by atoms with E-state index in [0.29, 0.717) is 6.61 Å². The van der Waals surface area contributed by atoms with E-state index in [4.69, 9.17) is 29.4 Å². The number of aliphatic carboxylic acids is 1. The second-order valence-electron chi connectivity index (χ2n) is 14.1. The first-order chi connectivity index (χ1) is 24.7. The molecule has 0 aliphatic heterocycles. The van der Waals surface area contributed by atoms with E-state index in [1.807, 2.05) is 0 Å². The number of rotatable bonds is 40. The number of nitrogens with two attached hydrogens (primary N) is 1. The van der Waals surface area contributed by atoms with E-state index in [1.54, 1.807) is 0 Å². The quantitative estimate of drug-likeness (QED) is 0.0239. The fraction of sp³-hybridized carbons (Fsp3) is 0.900. The molecule has 0 aromatic rings. The van der Waals surface area contributed by atoms with Crippen LogP contribution < -0.4 is 5.73 Å². The number of phosphoric ester groups is 1. The minimum atomic E-state index is -4.61. The van der Waals surface area contributed by atoms with E-state index in [-0.39, 0.29) is 13.0 Å². The lowest BCUT2D eigenvalue weighted by Crippen LogP contribution is -2.34. The highest BCUT2D eigenvalue weighted by molar-refractivity contribution is 7.47. The summed E-state index contributed by atoms with van der Waals surface area (Å²) in [5, 5.41) is 8.87. The molecule has 0 saturated heterocycles. The van der Waals surface area contributed by atoms with Gasteiger partial charge in [0.2, 0.25) is 0 Å². The first-order valence-corrected chi connectivity index (χ1v) is 22.2. The van der Waals surface area contributed by atoms with Crippen LogP contribution in [-0.2, 0) is 32.7 Å². The molecule has 0 radical (unpaired) electrons. The Kier molecular flexibility index (Phi) is 36.1. The number of ether oxygens (including phenoxy) is 2. The number of allylic oxidation sites excluding steroid dienone is 2. The molecule has 0 aromatic heterocycles. The summed E-state index contributed by atoms with van der Waals surface area (Å²) in [6.07, 6.45) is 36.9. The van der Waals surface area contributed by atoms with E-state index in [1.165, 1.54) is 122 Å². The van der Waals surface area contributed by atoms with Crippen molar-refractivity contribution in [3.05, 3.63) is 12.2 Å². The molecular formula is C40H78NO9P. The number of carboxylic acids is 1. The molecule has 0 aliphatic rings. The Morgan fingerprint density at radius 2 is 1.06 bits per heavy atom. The smallest absolute Gasteiger partial charge is 0.472 e. The molecule has 302 valence electrons. The molecular weight excluding hydrogens is 669 g/mol. The first-order valence-electron chi connectivity index (χ1n) is 20.7. The van der Waals surface area contributed by atoms with E-state index < -0.39 is 45.1 Å². The summed E-state index contributed by atoms with van der Waals surface area (Å²) in [6, 6.07) is -1.47. The minimum Gasteiger partial charge on any atom is -0.480 e. The standard InChI is InChI=1S/C40H78NO9P/c1-3-5-7-9-11-13-15-16-17-18-19-20-21-22-24-26-28-30-32-39(42)50-37(35-48-51(45,46)49-36-38(41)40(43)44)34-47-33-31-29-27-25-23-14-12-10-8-6-4-2/h8,10,37-38H,3-7,9,11-36,41H2,1-2H3,(H,43,44)(H,45,46)/b10-8-. The summed E-state index contributed by atoms with van der Waals surface area (Å²) in [6.45, 7) is 3.83. The topological polar surface area (TPSA) is 155 Å². The van der Waals surface area contributed by atoms with Crippen LogP contribution in [-0.4, -0.2) is 60.5 Å². The maximum atomic E-state index is 12.6. The summed E-state index contributed by atoms with van der Waals surface area (Å²) in [7, 11) is -4.61. The third kappa shape index (κ3) is 36.8. The Balaban J connectivity index is 4.19. The van der Waals surface area contributed by atoms with Crippen LogP contribution in [0.15, 0.2) is 12.2 Å². The molecule has 0 aliphatic carbocycles. The molecule has 0 aromatic carbocycles. The van der Waals surface area contributed by atoms with Crippen molar-refractivity contribution in [1.82, 2.24) is 0 Å². The number of esters is 1. The SMILES string of the molecule is CCC/C=C\CCCCCCCCOCC(COP(=O)(O)OCC(N)C(=O)O)OC(=O)CCCCCCCCCCCCCCCCCCCC. The normalized spacial score (nSPS) is 14.1. The average molecular weight is 748 g/mol. The highest BCUT2D eigenvalue weighted by atomic mass is 31.2. The Morgan fingerprint density at radius 3 is 1.57 bits per heavy atom. The predicted molar refractivity (Wildman–Crippen MR) is 208 cm³/mol. The highest BCUT2D eigenvalue weighted by Gasteiger charge is 2.27. The number of carboxylic acid groups (broad SMARTS) is 1. The van der Waals surface area contributed by atoms with E-state index in [9.17, 15) is 19.0 Å². The third-order valence-electron chi connectivity index (χ3n) is 9.03. The number of carbonyl (C=O) groups is 2. The van der Waals surface area contributed by atoms with Crippen molar-refractivity contribution in [2.24, 2.45) is 5.73 Å². The fourth-order valence-corrected chi connectivity index (χ4v) is 6.56. The molecule has 0 heterocycles. The molecule has 3 atom stereocenters. The van der Waals surface area contributed by atoms with Crippen LogP contribution in [0.25, 0.3) is 0 Å². The minimum absolute atomic E-state index is 0.0175. The van der Waals surface area contributed by atoms with Gasteiger partial charge in [-0.25, -0.2) is 4.57 Å². The summed E-state index contributed by atoms with van der Waals surface area (Å²) in [5.74, 6) is -1.77. The zero-order valence-electron chi connectivity index (χ0n) is 32.7. The van der Waals surface area contributed by atoms with Gasteiger partial charge in [0.15, 0.2) is 0 Å². The van der Waals surface area contributed by atoms with Crippen molar-refractivity contribution in [2.75, 3.05) is 26.4 Å². The summed E-state index contributed by atoms with van der Waals surface area (Å²) in [4.78, 5) is 33.4. The van der Waals surface area contributed by atoms with Gasteiger partial charge in [0.05, 0.1) is 19.8 Å².